The Labute approximate surface area is 163 Å². The highest BCUT2D eigenvalue weighted by Gasteiger charge is 2.37. The van der Waals surface area contributed by atoms with Gasteiger partial charge in [0.05, 0.1) is 12.1 Å². The van der Waals surface area contributed by atoms with Crippen molar-refractivity contribution in [2.75, 3.05) is 6.54 Å². The van der Waals surface area contributed by atoms with Crippen LogP contribution in [-0.4, -0.2) is 23.8 Å². The Morgan fingerprint density at radius 3 is 2.56 bits per heavy atom. The van der Waals surface area contributed by atoms with Gasteiger partial charge in [-0.15, -0.1) is 0 Å². The largest absolute Gasteiger partial charge is 0.391 e. The van der Waals surface area contributed by atoms with Crippen LogP contribution >= 0.6 is 0 Å². The van der Waals surface area contributed by atoms with Crippen LogP contribution in [0.3, 0.4) is 0 Å². The van der Waals surface area contributed by atoms with Crippen LogP contribution in [0.2, 0.25) is 0 Å². The lowest BCUT2D eigenvalue weighted by Crippen LogP contribution is -2.49. The van der Waals surface area contributed by atoms with E-state index in [0.29, 0.717) is 0 Å². The molecule has 144 valence electrons. The molecule has 0 saturated carbocycles. The summed E-state index contributed by atoms with van der Waals surface area (Å²) in [5.41, 5.74) is 5.12. The fraction of sp³-hybridized carbons (Fsp3) is 0.500. The number of nitrogens with one attached hydrogen (secondary N) is 2. The van der Waals surface area contributed by atoms with E-state index in [1.807, 2.05) is 0 Å². The molecule has 1 aromatic rings. The number of aliphatic hydroxyl groups excluding tert-OH is 1. The summed E-state index contributed by atoms with van der Waals surface area (Å²) in [5.74, 6) is 0.172. The van der Waals surface area contributed by atoms with Crippen molar-refractivity contribution in [3.05, 3.63) is 71.0 Å². The summed E-state index contributed by atoms with van der Waals surface area (Å²) in [6, 6.07) is 9.29. The smallest absolute Gasteiger partial charge is 0.0763 e. The summed E-state index contributed by atoms with van der Waals surface area (Å²) in [6.45, 7) is 3.16. The number of aliphatic hydroxyl groups is 1. The van der Waals surface area contributed by atoms with Gasteiger partial charge in [0, 0.05) is 17.7 Å². The number of hydrogen-bond acceptors (Lipinski definition) is 3. The molecule has 0 spiro atoms. The Kier molecular flexibility index (Phi) is 5.80. The summed E-state index contributed by atoms with van der Waals surface area (Å²) in [4.78, 5) is 0. The molecule has 2 aliphatic heterocycles. The Morgan fingerprint density at radius 1 is 1.04 bits per heavy atom. The zero-order valence-electron chi connectivity index (χ0n) is 16.3. The molecule has 2 fully saturated rings. The number of piperidine rings is 2. The summed E-state index contributed by atoms with van der Waals surface area (Å²) >= 11 is 0. The van der Waals surface area contributed by atoms with Gasteiger partial charge in [-0.3, -0.25) is 0 Å². The molecule has 4 atom stereocenters. The molecule has 27 heavy (non-hydrogen) atoms. The van der Waals surface area contributed by atoms with Gasteiger partial charge in [0.2, 0.25) is 0 Å². The van der Waals surface area contributed by atoms with Gasteiger partial charge in [-0.1, -0.05) is 60.6 Å². The molecule has 2 saturated heterocycles. The van der Waals surface area contributed by atoms with E-state index in [4.69, 9.17) is 0 Å². The van der Waals surface area contributed by atoms with Crippen LogP contribution in [0, 0.1) is 12.8 Å². The van der Waals surface area contributed by atoms with E-state index in [1.165, 1.54) is 35.2 Å². The fourth-order valence-electron chi connectivity index (χ4n) is 4.71. The van der Waals surface area contributed by atoms with Gasteiger partial charge < -0.3 is 15.7 Å². The van der Waals surface area contributed by atoms with Crippen molar-refractivity contribution in [3.63, 3.8) is 0 Å². The minimum absolute atomic E-state index is 0.172. The first-order valence-corrected chi connectivity index (χ1v) is 10.5. The second kappa shape index (κ2) is 8.45. The van der Waals surface area contributed by atoms with Gasteiger partial charge in [-0.2, -0.15) is 0 Å². The molecule has 3 N–H and O–H groups in total. The van der Waals surface area contributed by atoms with E-state index in [9.17, 15) is 5.11 Å². The SMILES string of the molecule is Cc1ccc(C2CC([C@@H](O)[C@H]3CCCCN3)C3=C/C/C=C\C/C=C\3N2)cc1. The third-order valence-electron chi connectivity index (χ3n) is 6.28. The monoisotopic (exact) mass is 364 g/mol. The topological polar surface area (TPSA) is 44.3 Å². The Bertz CT molecular complexity index is 725. The second-order valence-electron chi connectivity index (χ2n) is 8.22. The van der Waals surface area contributed by atoms with E-state index < -0.39 is 0 Å². The first-order chi connectivity index (χ1) is 13.2. The van der Waals surface area contributed by atoms with Crippen molar-refractivity contribution in [1.29, 1.82) is 0 Å². The zero-order valence-corrected chi connectivity index (χ0v) is 16.3. The normalized spacial score (nSPS) is 34.5. The number of allylic oxidation sites excluding steroid dienone is 5. The van der Waals surface area contributed by atoms with Crippen LogP contribution in [0.25, 0.3) is 0 Å². The summed E-state index contributed by atoms with van der Waals surface area (Å²) in [5, 5.41) is 18.7. The highest BCUT2D eigenvalue weighted by Crippen LogP contribution is 2.39. The van der Waals surface area contributed by atoms with E-state index in [2.05, 4.69) is 66.1 Å². The molecular weight excluding hydrogens is 332 g/mol. The van der Waals surface area contributed by atoms with Crippen LogP contribution < -0.4 is 10.6 Å². The molecule has 3 nitrogen and oxygen atoms in total. The van der Waals surface area contributed by atoms with E-state index in [-0.39, 0.29) is 24.1 Å². The van der Waals surface area contributed by atoms with Crippen LogP contribution in [0.5, 0.6) is 0 Å². The molecule has 1 aliphatic carbocycles. The summed E-state index contributed by atoms with van der Waals surface area (Å²) in [7, 11) is 0. The second-order valence-corrected chi connectivity index (χ2v) is 8.22. The minimum Gasteiger partial charge on any atom is -0.391 e. The number of fused-ring (bicyclic) bond motifs is 1. The Morgan fingerprint density at radius 2 is 1.81 bits per heavy atom. The van der Waals surface area contributed by atoms with E-state index in [1.54, 1.807) is 0 Å². The van der Waals surface area contributed by atoms with Crippen molar-refractivity contribution in [1.82, 2.24) is 10.6 Å². The standard InChI is InChI=1S/C24H32N2O/c1-17-11-13-18(14-12-17)23-16-20(24(27)22-10-6-7-15-25-22)19-8-4-2-3-5-9-21(19)26-23/h2-3,8-9,11-14,20,22-27H,4-7,10,15-16H2,1H3/b3-2-,19-8-,21-9+/t20?,22-,23?,24-/m1/s1. The first kappa shape index (κ1) is 18.5. The maximum atomic E-state index is 11.3. The zero-order chi connectivity index (χ0) is 18.6. The van der Waals surface area contributed by atoms with E-state index in [0.717, 1.165) is 32.2 Å². The van der Waals surface area contributed by atoms with Crippen molar-refractivity contribution < 1.29 is 5.11 Å². The molecule has 0 bridgehead atoms. The molecule has 1 aromatic carbocycles. The van der Waals surface area contributed by atoms with Gasteiger partial charge >= 0.3 is 0 Å². The van der Waals surface area contributed by atoms with Crippen molar-refractivity contribution >= 4 is 0 Å². The predicted octanol–water partition coefficient (Wildman–Crippen LogP) is 4.31. The number of hydrogen-bond donors (Lipinski definition) is 3. The number of rotatable bonds is 3. The molecule has 0 radical (unpaired) electrons. The number of aryl methyl sites for hydroxylation is 1. The molecule has 4 rings (SSSR count). The molecule has 0 amide bonds. The quantitative estimate of drug-likeness (QED) is 0.700. The summed E-state index contributed by atoms with van der Waals surface area (Å²) in [6.07, 6.45) is 15.1. The average Bonchev–Trinajstić information content (AvgIpc) is 2.69. The fourth-order valence-corrected chi connectivity index (χ4v) is 4.71. The maximum Gasteiger partial charge on any atom is 0.0763 e. The highest BCUT2D eigenvalue weighted by molar-refractivity contribution is 5.40. The lowest BCUT2D eigenvalue weighted by atomic mass is 9.76. The highest BCUT2D eigenvalue weighted by atomic mass is 16.3. The number of benzene rings is 1. The molecule has 0 aromatic heterocycles. The van der Waals surface area contributed by atoms with Gasteiger partial charge in [0.1, 0.15) is 0 Å². The van der Waals surface area contributed by atoms with Gasteiger partial charge in [0.25, 0.3) is 0 Å². The summed E-state index contributed by atoms with van der Waals surface area (Å²) < 4.78 is 0. The third kappa shape index (κ3) is 4.20. The Balaban J connectivity index is 1.64. The first-order valence-electron chi connectivity index (χ1n) is 10.5. The molecule has 2 unspecified atom stereocenters. The van der Waals surface area contributed by atoms with E-state index >= 15 is 0 Å². The maximum absolute atomic E-state index is 11.3. The van der Waals surface area contributed by atoms with Crippen LogP contribution in [0.1, 0.15) is 55.7 Å². The van der Waals surface area contributed by atoms with Crippen molar-refractivity contribution in [2.24, 2.45) is 5.92 Å². The molecule has 3 heteroatoms. The van der Waals surface area contributed by atoms with Gasteiger partial charge in [0.15, 0.2) is 0 Å². The Hall–Kier alpha value is -1.84. The van der Waals surface area contributed by atoms with Crippen LogP contribution in [0.4, 0.5) is 0 Å². The molecular formula is C24H32N2O. The molecule has 3 aliphatic rings. The molecule has 2 heterocycles. The minimum atomic E-state index is -0.335. The van der Waals surface area contributed by atoms with Gasteiger partial charge in [-0.05, 0) is 56.7 Å². The lowest BCUT2D eigenvalue weighted by molar-refractivity contribution is 0.0606. The van der Waals surface area contributed by atoms with Crippen molar-refractivity contribution in [2.45, 2.75) is 63.6 Å². The van der Waals surface area contributed by atoms with Gasteiger partial charge in [-0.25, -0.2) is 0 Å². The lowest BCUT2D eigenvalue weighted by Gasteiger charge is -2.41. The predicted molar refractivity (Wildman–Crippen MR) is 111 cm³/mol. The average molecular weight is 365 g/mol. The third-order valence-corrected chi connectivity index (χ3v) is 6.28. The van der Waals surface area contributed by atoms with Crippen molar-refractivity contribution in [3.8, 4) is 0 Å². The van der Waals surface area contributed by atoms with Crippen LogP contribution in [-0.2, 0) is 0 Å². The van der Waals surface area contributed by atoms with Crippen LogP contribution in [0.15, 0.2) is 59.8 Å².